The Morgan fingerprint density at radius 1 is 1.14 bits per heavy atom. The van der Waals surface area contributed by atoms with Crippen LogP contribution < -0.4 is 24.4 Å². The second kappa shape index (κ2) is 11.0. The van der Waals surface area contributed by atoms with Gasteiger partial charge in [-0.15, -0.1) is 0 Å². The predicted molar refractivity (Wildman–Crippen MR) is 140 cm³/mol. The summed E-state index contributed by atoms with van der Waals surface area (Å²) in [5, 5.41) is 0. The Bertz CT molecular complexity index is 1470. The molecular weight excluding hydrogens is 476 g/mol. The Kier molecular flexibility index (Phi) is 7.74. The monoisotopic (exact) mass is 506 g/mol. The molecule has 8 heteroatoms. The number of esters is 1. The summed E-state index contributed by atoms with van der Waals surface area (Å²) in [4.78, 5) is 31.8. The van der Waals surface area contributed by atoms with Crippen LogP contribution in [0.5, 0.6) is 11.5 Å². The molecular formula is C28H30N2O5S. The molecule has 2 heterocycles. The lowest BCUT2D eigenvalue weighted by molar-refractivity contribution is -0.136. The number of benzene rings is 2. The molecule has 36 heavy (non-hydrogen) atoms. The van der Waals surface area contributed by atoms with Crippen LogP contribution in [-0.2, 0) is 9.53 Å². The van der Waals surface area contributed by atoms with E-state index in [1.807, 2.05) is 68.5 Å². The van der Waals surface area contributed by atoms with Gasteiger partial charge in [-0.2, -0.15) is 0 Å². The van der Waals surface area contributed by atoms with Crippen molar-refractivity contribution in [3.63, 3.8) is 0 Å². The van der Waals surface area contributed by atoms with Crippen LogP contribution in [-0.4, -0.2) is 30.9 Å². The minimum atomic E-state index is -0.618. The summed E-state index contributed by atoms with van der Waals surface area (Å²) in [5.41, 5.74) is 2.41. The third kappa shape index (κ3) is 4.86. The van der Waals surface area contributed by atoms with Gasteiger partial charge in [-0.25, -0.2) is 9.79 Å². The van der Waals surface area contributed by atoms with E-state index >= 15 is 0 Å². The predicted octanol–water partition coefficient (Wildman–Crippen LogP) is 3.98. The molecule has 1 aliphatic rings. The van der Waals surface area contributed by atoms with Crippen LogP contribution in [0.2, 0.25) is 0 Å². The molecule has 2 atom stereocenters. The number of hydrogen-bond acceptors (Lipinski definition) is 7. The molecule has 3 aromatic rings. The number of aromatic nitrogens is 1. The van der Waals surface area contributed by atoms with E-state index in [-0.39, 0.29) is 11.7 Å². The number of fused-ring (bicyclic) bond motifs is 1. The first-order valence-electron chi connectivity index (χ1n) is 11.9. The lowest BCUT2D eigenvalue weighted by Gasteiger charge is -2.25. The molecule has 7 nitrogen and oxygen atoms in total. The molecule has 4 rings (SSSR count). The van der Waals surface area contributed by atoms with E-state index in [2.05, 4.69) is 6.92 Å². The molecule has 0 saturated carbocycles. The van der Waals surface area contributed by atoms with E-state index in [4.69, 9.17) is 19.2 Å². The Morgan fingerprint density at radius 3 is 2.53 bits per heavy atom. The summed E-state index contributed by atoms with van der Waals surface area (Å²) in [6, 6.07) is 14.5. The molecule has 1 aliphatic heterocycles. The van der Waals surface area contributed by atoms with Crippen LogP contribution in [0.4, 0.5) is 0 Å². The van der Waals surface area contributed by atoms with Crippen LogP contribution in [0.1, 0.15) is 50.8 Å². The van der Waals surface area contributed by atoms with E-state index in [1.54, 1.807) is 11.7 Å². The van der Waals surface area contributed by atoms with Crippen LogP contribution in [0.3, 0.4) is 0 Å². The standard InChI is InChI=1S/C28H30N2O5S/c1-6-17(3)35-21-14-13-18(15-22(21)33-4)16-23-26(31)30-25(19-11-9-8-10-12-19)24(27(32)34-5)20(7-2)29-28(30)36-23/h8-17,25H,6-7H2,1-5H3/b23-16-/t17-,25-/m0/s1. The Balaban J connectivity index is 1.88. The lowest BCUT2D eigenvalue weighted by atomic mass is 9.95. The topological polar surface area (TPSA) is 79.1 Å². The number of allylic oxidation sites excluding steroid dienone is 1. The summed E-state index contributed by atoms with van der Waals surface area (Å²) in [5.74, 6) is 0.769. The van der Waals surface area contributed by atoms with Gasteiger partial charge in [-0.1, -0.05) is 61.6 Å². The van der Waals surface area contributed by atoms with Crippen molar-refractivity contribution in [1.29, 1.82) is 0 Å². The van der Waals surface area contributed by atoms with Gasteiger partial charge < -0.3 is 14.2 Å². The second-order valence-electron chi connectivity index (χ2n) is 8.45. The van der Waals surface area contributed by atoms with Crippen molar-refractivity contribution in [2.75, 3.05) is 14.2 Å². The molecule has 0 N–H and O–H groups in total. The minimum Gasteiger partial charge on any atom is -0.493 e. The average molecular weight is 507 g/mol. The van der Waals surface area contributed by atoms with E-state index in [0.29, 0.717) is 38.5 Å². The smallest absolute Gasteiger partial charge is 0.338 e. The molecule has 0 bridgehead atoms. The van der Waals surface area contributed by atoms with Gasteiger partial charge in [0.15, 0.2) is 16.3 Å². The molecule has 188 valence electrons. The highest BCUT2D eigenvalue weighted by atomic mass is 32.1. The van der Waals surface area contributed by atoms with Crippen LogP contribution >= 0.6 is 11.3 Å². The minimum absolute atomic E-state index is 0.0585. The van der Waals surface area contributed by atoms with Gasteiger partial charge in [-0.05, 0) is 49.1 Å². The summed E-state index contributed by atoms with van der Waals surface area (Å²) in [6.45, 7) is 6.00. The Labute approximate surface area is 214 Å². The van der Waals surface area contributed by atoms with Crippen molar-refractivity contribution in [2.24, 2.45) is 4.99 Å². The summed E-state index contributed by atoms with van der Waals surface area (Å²) < 4.78 is 18.7. The largest absolute Gasteiger partial charge is 0.493 e. The zero-order valence-corrected chi connectivity index (χ0v) is 21.9. The number of ether oxygens (including phenoxy) is 3. The first-order valence-corrected chi connectivity index (χ1v) is 12.8. The zero-order valence-electron chi connectivity index (χ0n) is 21.1. The van der Waals surface area contributed by atoms with Gasteiger partial charge in [0.2, 0.25) is 0 Å². The number of hydrogen-bond donors (Lipinski definition) is 0. The maximum atomic E-state index is 13.7. The first kappa shape index (κ1) is 25.4. The Hall–Kier alpha value is -3.65. The fourth-order valence-corrected chi connectivity index (χ4v) is 5.16. The van der Waals surface area contributed by atoms with Crippen molar-refractivity contribution in [3.8, 4) is 11.5 Å². The van der Waals surface area contributed by atoms with Crippen molar-refractivity contribution in [2.45, 2.75) is 45.8 Å². The van der Waals surface area contributed by atoms with Gasteiger partial charge in [-0.3, -0.25) is 9.36 Å². The Morgan fingerprint density at radius 2 is 1.89 bits per heavy atom. The number of thiazole rings is 1. The van der Waals surface area contributed by atoms with Crippen molar-refractivity contribution < 1.29 is 19.0 Å². The quantitative estimate of drug-likeness (QED) is 0.432. The van der Waals surface area contributed by atoms with E-state index in [0.717, 1.165) is 17.5 Å². The summed E-state index contributed by atoms with van der Waals surface area (Å²) in [7, 11) is 2.94. The molecule has 0 spiro atoms. The molecule has 0 radical (unpaired) electrons. The van der Waals surface area contributed by atoms with Gasteiger partial charge in [0.05, 0.1) is 42.2 Å². The number of carbonyl (C=O) groups is 1. The fourth-order valence-electron chi connectivity index (χ4n) is 4.14. The maximum absolute atomic E-state index is 13.7. The third-order valence-corrected chi connectivity index (χ3v) is 7.14. The molecule has 0 amide bonds. The van der Waals surface area contributed by atoms with E-state index in [1.165, 1.54) is 18.4 Å². The first-order chi connectivity index (χ1) is 17.4. The average Bonchev–Trinajstić information content (AvgIpc) is 3.22. The molecule has 0 fully saturated rings. The summed E-state index contributed by atoms with van der Waals surface area (Å²) in [6.07, 6.45) is 3.29. The molecule has 1 aromatic heterocycles. The van der Waals surface area contributed by atoms with Crippen LogP contribution in [0.15, 0.2) is 69.6 Å². The number of nitrogens with zero attached hydrogens (tertiary/aromatic N) is 2. The van der Waals surface area contributed by atoms with Gasteiger partial charge >= 0.3 is 5.97 Å². The van der Waals surface area contributed by atoms with Crippen LogP contribution in [0.25, 0.3) is 6.08 Å². The highest BCUT2D eigenvalue weighted by molar-refractivity contribution is 7.07. The van der Waals surface area contributed by atoms with Gasteiger partial charge in [0.1, 0.15) is 0 Å². The second-order valence-corrected chi connectivity index (χ2v) is 9.46. The maximum Gasteiger partial charge on any atom is 0.338 e. The SMILES string of the molecule is CCC1=C(C(=O)OC)[C@H](c2ccccc2)n2c(s/c(=C\c3ccc(O[C@@H](C)CC)c(OC)c3)c2=O)=N1. The van der Waals surface area contributed by atoms with Gasteiger partial charge in [0, 0.05) is 0 Å². The number of methoxy groups -OCH3 is 2. The molecule has 0 aliphatic carbocycles. The van der Waals surface area contributed by atoms with Crippen LogP contribution in [0, 0.1) is 0 Å². The fraction of sp³-hybridized carbons (Fsp3) is 0.321. The van der Waals surface area contributed by atoms with E-state index in [9.17, 15) is 9.59 Å². The van der Waals surface area contributed by atoms with Gasteiger partial charge in [0.25, 0.3) is 5.56 Å². The molecule has 0 unspecified atom stereocenters. The highest BCUT2D eigenvalue weighted by Crippen LogP contribution is 2.32. The zero-order chi connectivity index (χ0) is 25.8. The van der Waals surface area contributed by atoms with E-state index < -0.39 is 12.0 Å². The highest BCUT2D eigenvalue weighted by Gasteiger charge is 2.33. The third-order valence-electron chi connectivity index (χ3n) is 6.15. The summed E-state index contributed by atoms with van der Waals surface area (Å²) >= 11 is 1.30. The lowest BCUT2D eigenvalue weighted by Crippen LogP contribution is -2.40. The van der Waals surface area contributed by atoms with Crippen molar-refractivity contribution >= 4 is 23.4 Å². The molecule has 2 aromatic carbocycles. The number of carbonyl (C=O) groups excluding carboxylic acids is 1. The normalized spacial score (nSPS) is 16.2. The molecule has 0 saturated heterocycles. The van der Waals surface area contributed by atoms with Crippen molar-refractivity contribution in [3.05, 3.63) is 90.6 Å². The van der Waals surface area contributed by atoms with Crippen molar-refractivity contribution in [1.82, 2.24) is 4.57 Å². The number of rotatable bonds is 8.